The van der Waals surface area contributed by atoms with E-state index in [4.69, 9.17) is 4.74 Å². The molecule has 1 N–H and O–H groups in total. The SMILES string of the molecule is CC(C)(C)OC(=O)N1CCCCC1Nc1ncc(Br)cn1. The molecule has 0 radical (unpaired) electrons. The topological polar surface area (TPSA) is 67.3 Å². The molecule has 1 aromatic rings. The number of rotatable bonds is 2. The number of hydrogen-bond acceptors (Lipinski definition) is 5. The van der Waals surface area contributed by atoms with Crippen molar-refractivity contribution >= 4 is 28.0 Å². The molecule has 1 atom stereocenters. The van der Waals surface area contributed by atoms with Crippen molar-refractivity contribution in [2.45, 2.75) is 51.8 Å². The first-order valence-electron chi connectivity index (χ1n) is 7.09. The highest BCUT2D eigenvalue weighted by molar-refractivity contribution is 9.10. The van der Waals surface area contributed by atoms with Crippen LogP contribution < -0.4 is 5.32 Å². The quantitative estimate of drug-likeness (QED) is 0.879. The van der Waals surface area contributed by atoms with Gasteiger partial charge in [0.15, 0.2) is 0 Å². The summed E-state index contributed by atoms with van der Waals surface area (Å²) >= 11 is 3.30. The number of nitrogens with zero attached hydrogens (tertiary/aromatic N) is 3. The lowest BCUT2D eigenvalue weighted by molar-refractivity contribution is 0.0129. The normalized spacial score (nSPS) is 19.2. The van der Waals surface area contributed by atoms with E-state index in [1.54, 1.807) is 17.3 Å². The van der Waals surface area contributed by atoms with E-state index in [2.05, 4.69) is 31.2 Å². The summed E-state index contributed by atoms with van der Waals surface area (Å²) in [7, 11) is 0. The van der Waals surface area contributed by atoms with Crippen LogP contribution in [0.15, 0.2) is 16.9 Å². The van der Waals surface area contributed by atoms with E-state index in [0.717, 1.165) is 23.7 Å². The molecule has 1 aromatic heterocycles. The van der Waals surface area contributed by atoms with Gasteiger partial charge in [0.25, 0.3) is 0 Å². The van der Waals surface area contributed by atoms with Gasteiger partial charge in [0.2, 0.25) is 5.95 Å². The van der Waals surface area contributed by atoms with Gasteiger partial charge in [-0.2, -0.15) is 0 Å². The molecule has 21 heavy (non-hydrogen) atoms. The Labute approximate surface area is 133 Å². The molecule has 2 rings (SSSR count). The molecule has 0 aliphatic carbocycles. The van der Waals surface area contributed by atoms with Gasteiger partial charge in [-0.15, -0.1) is 0 Å². The van der Waals surface area contributed by atoms with Gasteiger partial charge in [0, 0.05) is 18.9 Å². The Morgan fingerprint density at radius 1 is 1.38 bits per heavy atom. The van der Waals surface area contributed by atoms with Crippen LogP contribution in [-0.2, 0) is 4.74 Å². The van der Waals surface area contributed by atoms with Crippen LogP contribution in [0.2, 0.25) is 0 Å². The third-order valence-electron chi connectivity index (χ3n) is 3.05. The molecule has 7 heteroatoms. The third-order valence-corrected chi connectivity index (χ3v) is 3.46. The first-order valence-corrected chi connectivity index (χ1v) is 7.88. The zero-order chi connectivity index (χ0) is 15.5. The Balaban J connectivity index is 2.04. The van der Waals surface area contributed by atoms with Gasteiger partial charge in [-0.25, -0.2) is 14.8 Å². The molecule has 1 fully saturated rings. The van der Waals surface area contributed by atoms with E-state index in [-0.39, 0.29) is 12.3 Å². The van der Waals surface area contributed by atoms with Crippen LogP contribution in [0.5, 0.6) is 0 Å². The average Bonchev–Trinajstić information content (AvgIpc) is 2.40. The number of likely N-dealkylation sites (tertiary alicyclic amines) is 1. The number of nitrogens with one attached hydrogen (secondary N) is 1. The zero-order valence-corrected chi connectivity index (χ0v) is 14.2. The van der Waals surface area contributed by atoms with Crippen LogP contribution in [0.25, 0.3) is 0 Å². The van der Waals surface area contributed by atoms with E-state index in [1.165, 1.54) is 0 Å². The Morgan fingerprint density at radius 2 is 2.05 bits per heavy atom. The molecule has 1 saturated heterocycles. The smallest absolute Gasteiger partial charge is 0.411 e. The third kappa shape index (κ3) is 4.84. The Hall–Kier alpha value is -1.37. The molecule has 2 heterocycles. The van der Waals surface area contributed by atoms with E-state index < -0.39 is 5.60 Å². The fourth-order valence-electron chi connectivity index (χ4n) is 2.16. The molecule has 1 unspecified atom stereocenters. The molecular formula is C14H21BrN4O2. The molecule has 0 bridgehead atoms. The fraction of sp³-hybridized carbons (Fsp3) is 0.643. The largest absolute Gasteiger partial charge is 0.444 e. The molecule has 0 aromatic carbocycles. The summed E-state index contributed by atoms with van der Waals surface area (Å²) in [5.74, 6) is 0.513. The van der Waals surface area contributed by atoms with Crippen LogP contribution in [0.1, 0.15) is 40.0 Å². The molecule has 1 aliphatic heterocycles. The van der Waals surface area contributed by atoms with Crippen molar-refractivity contribution in [1.29, 1.82) is 0 Å². The van der Waals surface area contributed by atoms with Crippen LogP contribution >= 0.6 is 15.9 Å². The molecule has 1 amide bonds. The Bertz CT molecular complexity index is 487. The van der Waals surface area contributed by atoms with E-state index in [1.807, 2.05) is 20.8 Å². The van der Waals surface area contributed by atoms with E-state index >= 15 is 0 Å². The summed E-state index contributed by atoms with van der Waals surface area (Å²) < 4.78 is 6.28. The first-order chi connectivity index (χ1) is 9.85. The van der Waals surface area contributed by atoms with Gasteiger partial charge in [-0.05, 0) is 56.0 Å². The summed E-state index contributed by atoms with van der Waals surface area (Å²) in [6.07, 6.45) is 5.84. The maximum atomic E-state index is 12.3. The van der Waals surface area contributed by atoms with E-state index in [9.17, 15) is 4.79 Å². The van der Waals surface area contributed by atoms with Crippen LogP contribution in [-0.4, -0.2) is 39.3 Å². The number of aromatic nitrogens is 2. The maximum Gasteiger partial charge on any atom is 0.411 e. The highest BCUT2D eigenvalue weighted by atomic mass is 79.9. The minimum atomic E-state index is -0.493. The second kappa shape index (κ2) is 6.60. The summed E-state index contributed by atoms with van der Waals surface area (Å²) in [6, 6.07) is 0. The van der Waals surface area contributed by atoms with Gasteiger partial charge in [-0.3, -0.25) is 4.90 Å². The van der Waals surface area contributed by atoms with Crippen molar-refractivity contribution < 1.29 is 9.53 Å². The van der Waals surface area contributed by atoms with Crippen molar-refractivity contribution in [3.8, 4) is 0 Å². The highest BCUT2D eigenvalue weighted by Gasteiger charge is 2.30. The van der Waals surface area contributed by atoms with Crippen LogP contribution in [0, 0.1) is 0 Å². The average molecular weight is 357 g/mol. The minimum Gasteiger partial charge on any atom is -0.444 e. The standard InChI is InChI=1S/C14H21BrN4O2/c1-14(2,3)21-13(20)19-7-5-4-6-11(19)18-12-16-8-10(15)9-17-12/h8-9,11H,4-7H2,1-3H3,(H,16,17,18). The second-order valence-electron chi connectivity index (χ2n) is 6.05. The summed E-state index contributed by atoms with van der Waals surface area (Å²) in [5, 5.41) is 3.21. The molecule has 116 valence electrons. The van der Waals surface area contributed by atoms with Crippen LogP contribution in [0.3, 0.4) is 0 Å². The predicted molar refractivity (Wildman–Crippen MR) is 83.9 cm³/mol. The van der Waals surface area contributed by atoms with Gasteiger partial charge < -0.3 is 10.1 Å². The molecule has 1 aliphatic rings. The number of ether oxygens (including phenoxy) is 1. The molecular weight excluding hydrogens is 336 g/mol. The van der Waals surface area contributed by atoms with Gasteiger partial charge in [-0.1, -0.05) is 0 Å². The number of halogens is 1. The lowest BCUT2D eigenvalue weighted by atomic mass is 10.1. The van der Waals surface area contributed by atoms with Crippen molar-refractivity contribution in [3.05, 3.63) is 16.9 Å². The van der Waals surface area contributed by atoms with Gasteiger partial charge in [0.05, 0.1) is 4.47 Å². The molecule has 0 spiro atoms. The summed E-state index contributed by atoms with van der Waals surface area (Å²) in [5.41, 5.74) is -0.493. The first kappa shape index (κ1) is 16.0. The molecule has 6 nitrogen and oxygen atoms in total. The van der Waals surface area contributed by atoms with E-state index in [0.29, 0.717) is 12.5 Å². The predicted octanol–water partition coefficient (Wildman–Crippen LogP) is 3.40. The Kier molecular flexibility index (Phi) is 5.03. The van der Waals surface area contributed by atoms with Crippen molar-refractivity contribution in [3.63, 3.8) is 0 Å². The zero-order valence-electron chi connectivity index (χ0n) is 12.6. The van der Waals surface area contributed by atoms with Crippen molar-refractivity contribution in [2.24, 2.45) is 0 Å². The van der Waals surface area contributed by atoms with Crippen molar-refractivity contribution in [1.82, 2.24) is 14.9 Å². The summed E-state index contributed by atoms with van der Waals surface area (Å²) in [4.78, 5) is 22.4. The number of hydrogen-bond donors (Lipinski definition) is 1. The Morgan fingerprint density at radius 3 is 2.67 bits per heavy atom. The van der Waals surface area contributed by atoms with Gasteiger partial charge in [0.1, 0.15) is 11.8 Å². The van der Waals surface area contributed by atoms with Crippen LogP contribution in [0.4, 0.5) is 10.7 Å². The monoisotopic (exact) mass is 356 g/mol. The molecule has 0 saturated carbocycles. The minimum absolute atomic E-state index is 0.130. The number of piperidine rings is 1. The second-order valence-corrected chi connectivity index (χ2v) is 6.97. The van der Waals surface area contributed by atoms with Crippen molar-refractivity contribution in [2.75, 3.05) is 11.9 Å². The lowest BCUT2D eigenvalue weighted by Gasteiger charge is -2.36. The fourth-order valence-corrected chi connectivity index (χ4v) is 2.36. The van der Waals surface area contributed by atoms with Gasteiger partial charge >= 0.3 is 6.09 Å². The lowest BCUT2D eigenvalue weighted by Crippen LogP contribution is -2.49. The highest BCUT2D eigenvalue weighted by Crippen LogP contribution is 2.21. The number of carbonyl (C=O) groups excluding carboxylic acids is 1. The summed E-state index contributed by atoms with van der Waals surface area (Å²) in [6.45, 7) is 6.29. The number of anilines is 1. The number of carbonyl (C=O) groups is 1. The number of amides is 1. The maximum absolute atomic E-state index is 12.3.